The lowest BCUT2D eigenvalue weighted by atomic mass is 9.79. The number of Topliss-reactive ketones (excluding diaryl/α,β-unsaturated/α-hetero) is 1. The Morgan fingerprint density at radius 2 is 1.81 bits per heavy atom. The fourth-order valence-electron chi connectivity index (χ4n) is 4.73. The molecule has 0 saturated carbocycles. The van der Waals surface area contributed by atoms with Gasteiger partial charge in [-0.15, -0.1) is 0 Å². The molecule has 164 valence electrons. The second-order valence-corrected chi connectivity index (χ2v) is 9.13. The summed E-state index contributed by atoms with van der Waals surface area (Å²) in [4.78, 5) is 13.7. The molecule has 0 fully saturated rings. The lowest BCUT2D eigenvalue weighted by molar-refractivity contribution is 0.0553. The minimum atomic E-state index is -0.445. The van der Waals surface area contributed by atoms with Crippen LogP contribution in [0.3, 0.4) is 0 Å². The Morgan fingerprint density at radius 1 is 1.06 bits per heavy atom. The Hall–Kier alpha value is -2.89. The maximum Gasteiger partial charge on any atom is 0.178 e. The summed E-state index contributed by atoms with van der Waals surface area (Å²) < 4.78 is 29.5. The highest BCUT2D eigenvalue weighted by atomic mass is 16.5. The molecule has 0 saturated heterocycles. The zero-order valence-corrected chi connectivity index (χ0v) is 18.6. The largest absolute Gasteiger partial charge is 0.493 e. The molecule has 31 heavy (non-hydrogen) atoms. The van der Waals surface area contributed by atoms with Gasteiger partial charge < -0.3 is 23.7 Å². The van der Waals surface area contributed by atoms with E-state index in [2.05, 4.69) is 20.8 Å². The first-order valence-corrected chi connectivity index (χ1v) is 10.8. The van der Waals surface area contributed by atoms with E-state index in [0.717, 1.165) is 29.7 Å². The first kappa shape index (κ1) is 20.0. The molecule has 3 atom stereocenters. The quantitative estimate of drug-likeness (QED) is 0.717. The molecule has 2 aromatic carbocycles. The van der Waals surface area contributed by atoms with Crippen LogP contribution in [0.1, 0.15) is 54.6 Å². The number of rotatable bonds is 4. The van der Waals surface area contributed by atoms with E-state index in [0.29, 0.717) is 35.2 Å². The smallest absolute Gasteiger partial charge is 0.178 e. The van der Waals surface area contributed by atoms with Gasteiger partial charge in [0.1, 0.15) is 36.1 Å². The number of ketones is 1. The second kappa shape index (κ2) is 7.08. The first-order valence-electron chi connectivity index (χ1n) is 10.8. The van der Waals surface area contributed by atoms with Crippen LogP contribution in [-0.2, 0) is 6.42 Å². The van der Waals surface area contributed by atoms with Gasteiger partial charge in [-0.25, -0.2) is 0 Å². The summed E-state index contributed by atoms with van der Waals surface area (Å²) in [5, 5.41) is 0. The number of hydrogen-bond donors (Lipinski definition) is 0. The fourth-order valence-corrected chi connectivity index (χ4v) is 4.73. The van der Waals surface area contributed by atoms with Crippen molar-refractivity contribution in [3.05, 3.63) is 41.0 Å². The SMILES string of the molecule is CCC(C)(C)[C@H]1Cc2c(ccc3c2O[C@@H]2COc4cc(OC)c(OC)cc4[C@@H]2C3=O)O1. The predicted molar refractivity (Wildman–Crippen MR) is 115 cm³/mol. The molecule has 5 rings (SSSR count). The van der Waals surface area contributed by atoms with Gasteiger partial charge in [-0.05, 0) is 24.6 Å². The van der Waals surface area contributed by atoms with Gasteiger partial charge in [-0.3, -0.25) is 4.79 Å². The molecule has 0 radical (unpaired) electrons. The molecule has 0 aliphatic carbocycles. The van der Waals surface area contributed by atoms with Crippen molar-refractivity contribution < 1.29 is 28.5 Å². The highest BCUT2D eigenvalue weighted by Gasteiger charge is 2.46. The van der Waals surface area contributed by atoms with E-state index in [1.165, 1.54) is 0 Å². The Labute approximate surface area is 182 Å². The number of hydrogen-bond acceptors (Lipinski definition) is 6. The van der Waals surface area contributed by atoms with Crippen molar-refractivity contribution in [1.82, 2.24) is 0 Å². The monoisotopic (exact) mass is 424 g/mol. The van der Waals surface area contributed by atoms with Gasteiger partial charge in [-0.2, -0.15) is 0 Å². The van der Waals surface area contributed by atoms with Gasteiger partial charge >= 0.3 is 0 Å². The highest BCUT2D eigenvalue weighted by Crippen LogP contribution is 2.50. The molecular weight excluding hydrogens is 396 g/mol. The third-order valence-electron chi connectivity index (χ3n) is 7.10. The van der Waals surface area contributed by atoms with E-state index in [4.69, 9.17) is 23.7 Å². The van der Waals surface area contributed by atoms with Crippen molar-refractivity contribution in [3.8, 4) is 28.7 Å². The van der Waals surface area contributed by atoms with Crippen molar-refractivity contribution in [2.24, 2.45) is 5.41 Å². The predicted octanol–water partition coefficient (Wildman–Crippen LogP) is 4.56. The zero-order chi connectivity index (χ0) is 21.9. The zero-order valence-electron chi connectivity index (χ0n) is 18.6. The average molecular weight is 424 g/mol. The molecule has 0 aromatic heterocycles. The molecule has 6 heteroatoms. The van der Waals surface area contributed by atoms with Crippen LogP contribution >= 0.6 is 0 Å². The molecule has 0 spiro atoms. The van der Waals surface area contributed by atoms with Crippen LogP contribution in [0.2, 0.25) is 0 Å². The number of fused-ring (bicyclic) bond motifs is 6. The van der Waals surface area contributed by atoms with Gasteiger partial charge in [0.2, 0.25) is 0 Å². The van der Waals surface area contributed by atoms with Gasteiger partial charge in [0, 0.05) is 29.0 Å². The van der Waals surface area contributed by atoms with Gasteiger partial charge in [0.05, 0.1) is 25.7 Å². The summed E-state index contributed by atoms with van der Waals surface area (Å²) in [5.41, 5.74) is 2.41. The Bertz CT molecular complexity index is 1060. The molecule has 0 unspecified atom stereocenters. The van der Waals surface area contributed by atoms with Gasteiger partial charge in [-0.1, -0.05) is 20.8 Å². The first-order chi connectivity index (χ1) is 14.9. The Kier molecular flexibility index (Phi) is 4.57. The summed E-state index contributed by atoms with van der Waals surface area (Å²) in [6, 6.07) is 7.36. The number of benzene rings is 2. The minimum absolute atomic E-state index is 0.0373. The molecule has 2 aromatic rings. The molecule has 0 bridgehead atoms. The van der Waals surface area contributed by atoms with Gasteiger partial charge in [0.25, 0.3) is 0 Å². The third-order valence-corrected chi connectivity index (χ3v) is 7.10. The Balaban J connectivity index is 1.55. The lowest BCUT2D eigenvalue weighted by Gasteiger charge is -2.37. The van der Waals surface area contributed by atoms with Gasteiger partial charge in [0.15, 0.2) is 17.3 Å². The maximum atomic E-state index is 13.7. The van der Waals surface area contributed by atoms with Crippen molar-refractivity contribution in [2.75, 3.05) is 20.8 Å². The van der Waals surface area contributed by atoms with E-state index >= 15 is 0 Å². The standard InChI is InChI=1S/C25H28O6/c1-6-25(2,3)21-10-15-16(30-21)8-7-13-23(26)22-14-9-18(27-4)19(28-5)11-17(14)29-12-20(22)31-24(13)15/h7-9,11,20-22H,6,10,12H2,1-5H3/t20-,21-,22+/m1/s1. The van der Waals surface area contributed by atoms with Crippen molar-refractivity contribution in [1.29, 1.82) is 0 Å². The van der Waals surface area contributed by atoms with Crippen molar-refractivity contribution >= 4 is 5.78 Å². The summed E-state index contributed by atoms with van der Waals surface area (Å²) in [5.74, 6) is 2.85. The summed E-state index contributed by atoms with van der Waals surface area (Å²) in [7, 11) is 3.16. The Morgan fingerprint density at radius 3 is 2.52 bits per heavy atom. The van der Waals surface area contributed by atoms with E-state index in [1.807, 2.05) is 18.2 Å². The molecule has 3 aliphatic rings. The molecule has 3 heterocycles. The normalized spacial score (nSPS) is 23.4. The number of methoxy groups -OCH3 is 2. The summed E-state index contributed by atoms with van der Waals surface area (Å²) in [6.45, 7) is 6.90. The summed E-state index contributed by atoms with van der Waals surface area (Å²) in [6.07, 6.45) is 1.42. The molecular formula is C25H28O6. The maximum absolute atomic E-state index is 13.7. The minimum Gasteiger partial charge on any atom is -0.493 e. The van der Waals surface area contributed by atoms with E-state index in [1.54, 1.807) is 20.3 Å². The van der Waals surface area contributed by atoms with Crippen LogP contribution in [0.15, 0.2) is 24.3 Å². The van der Waals surface area contributed by atoms with Crippen LogP contribution in [0, 0.1) is 5.41 Å². The van der Waals surface area contributed by atoms with E-state index in [-0.39, 0.29) is 17.3 Å². The lowest BCUT2D eigenvalue weighted by Crippen LogP contribution is -2.43. The molecule has 0 amide bonds. The fraction of sp³-hybridized carbons (Fsp3) is 0.480. The van der Waals surface area contributed by atoms with E-state index < -0.39 is 12.0 Å². The molecule has 3 aliphatic heterocycles. The molecule has 0 N–H and O–H groups in total. The average Bonchev–Trinajstić information content (AvgIpc) is 3.23. The topological polar surface area (TPSA) is 63.2 Å². The second-order valence-electron chi connectivity index (χ2n) is 9.13. The third kappa shape index (κ3) is 2.95. The highest BCUT2D eigenvalue weighted by molar-refractivity contribution is 6.06. The van der Waals surface area contributed by atoms with Crippen molar-refractivity contribution in [3.63, 3.8) is 0 Å². The van der Waals surface area contributed by atoms with Crippen LogP contribution in [0.25, 0.3) is 0 Å². The number of carbonyl (C=O) groups excluding carboxylic acids is 1. The van der Waals surface area contributed by atoms with Crippen molar-refractivity contribution in [2.45, 2.75) is 51.7 Å². The molecule has 6 nitrogen and oxygen atoms in total. The van der Waals surface area contributed by atoms with Crippen LogP contribution in [0.5, 0.6) is 28.7 Å². The number of carbonyl (C=O) groups is 1. The van der Waals surface area contributed by atoms with Crippen LogP contribution in [-0.4, -0.2) is 38.8 Å². The van der Waals surface area contributed by atoms with Crippen LogP contribution in [0.4, 0.5) is 0 Å². The van der Waals surface area contributed by atoms with E-state index in [9.17, 15) is 4.79 Å². The van der Waals surface area contributed by atoms with Crippen LogP contribution < -0.4 is 23.7 Å². The summed E-state index contributed by atoms with van der Waals surface area (Å²) >= 11 is 0. The number of ether oxygens (including phenoxy) is 5.